The number of hydrogen-bond donors (Lipinski definition) is 1. The second-order valence-corrected chi connectivity index (χ2v) is 5.36. The summed E-state index contributed by atoms with van der Waals surface area (Å²) in [5.74, 6) is 0.711. The van der Waals surface area contributed by atoms with Gasteiger partial charge in [0.2, 0.25) is 0 Å². The summed E-state index contributed by atoms with van der Waals surface area (Å²) in [6, 6.07) is 15.1. The van der Waals surface area contributed by atoms with Gasteiger partial charge in [-0.15, -0.1) is 0 Å². The second kappa shape index (κ2) is 7.23. The Kier molecular flexibility index (Phi) is 5.34. The highest BCUT2D eigenvalue weighted by Gasteiger charge is 2.12. The van der Waals surface area contributed by atoms with Crippen molar-refractivity contribution in [3.8, 4) is 5.75 Å². The van der Waals surface area contributed by atoms with Gasteiger partial charge in [0.15, 0.2) is 0 Å². The van der Waals surface area contributed by atoms with Gasteiger partial charge in [0, 0.05) is 12.1 Å². The quantitative estimate of drug-likeness (QED) is 0.863. The highest BCUT2D eigenvalue weighted by atomic mass is 19.1. The van der Waals surface area contributed by atoms with E-state index in [0.717, 1.165) is 17.7 Å². The highest BCUT2D eigenvalue weighted by molar-refractivity contribution is 5.33. The Hall–Kier alpha value is -1.87. The predicted molar refractivity (Wildman–Crippen MR) is 84.1 cm³/mol. The SMILES string of the molecule is COc1ccccc1CC(C)NC(C)c1cccc(F)c1. The summed E-state index contributed by atoms with van der Waals surface area (Å²) in [7, 11) is 1.69. The maximum absolute atomic E-state index is 13.3. The van der Waals surface area contributed by atoms with Gasteiger partial charge in [0.05, 0.1) is 7.11 Å². The molecule has 0 fully saturated rings. The molecule has 0 aliphatic carbocycles. The largest absolute Gasteiger partial charge is 0.496 e. The fraction of sp³-hybridized carbons (Fsp3) is 0.333. The van der Waals surface area contributed by atoms with Crippen LogP contribution in [0, 0.1) is 5.82 Å². The van der Waals surface area contributed by atoms with Gasteiger partial charge < -0.3 is 10.1 Å². The van der Waals surface area contributed by atoms with Crippen molar-refractivity contribution in [1.29, 1.82) is 0 Å². The molecule has 2 aromatic rings. The van der Waals surface area contributed by atoms with Gasteiger partial charge in [-0.25, -0.2) is 4.39 Å². The molecule has 0 saturated carbocycles. The fourth-order valence-corrected chi connectivity index (χ4v) is 2.56. The topological polar surface area (TPSA) is 21.3 Å². The van der Waals surface area contributed by atoms with Crippen LogP contribution in [-0.4, -0.2) is 13.2 Å². The lowest BCUT2D eigenvalue weighted by atomic mass is 10.0. The molecule has 2 rings (SSSR count). The van der Waals surface area contributed by atoms with Gasteiger partial charge >= 0.3 is 0 Å². The van der Waals surface area contributed by atoms with Crippen molar-refractivity contribution in [2.24, 2.45) is 0 Å². The minimum Gasteiger partial charge on any atom is -0.496 e. The van der Waals surface area contributed by atoms with E-state index in [-0.39, 0.29) is 17.9 Å². The molecule has 0 radical (unpaired) electrons. The van der Waals surface area contributed by atoms with E-state index in [4.69, 9.17) is 4.74 Å². The van der Waals surface area contributed by atoms with E-state index in [2.05, 4.69) is 18.3 Å². The normalized spacial score (nSPS) is 13.7. The fourth-order valence-electron chi connectivity index (χ4n) is 2.56. The van der Waals surface area contributed by atoms with E-state index in [0.29, 0.717) is 0 Å². The Morgan fingerprint density at radius 3 is 2.57 bits per heavy atom. The van der Waals surface area contributed by atoms with Gasteiger partial charge in [-0.05, 0) is 49.6 Å². The van der Waals surface area contributed by atoms with Crippen LogP contribution in [0.1, 0.15) is 31.0 Å². The smallest absolute Gasteiger partial charge is 0.123 e. The van der Waals surface area contributed by atoms with Crippen molar-refractivity contribution in [1.82, 2.24) is 5.32 Å². The third-order valence-corrected chi connectivity index (χ3v) is 3.60. The average molecular weight is 287 g/mol. The number of nitrogens with one attached hydrogen (secondary N) is 1. The first kappa shape index (κ1) is 15.5. The van der Waals surface area contributed by atoms with Gasteiger partial charge in [0.1, 0.15) is 11.6 Å². The Morgan fingerprint density at radius 1 is 1.10 bits per heavy atom. The molecule has 2 aromatic carbocycles. The lowest BCUT2D eigenvalue weighted by Gasteiger charge is -2.21. The van der Waals surface area contributed by atoms with Gasteiger partial charge in [-0.2, -0.15) is 0 Å². The molecule has 21 heavy (non-hydrogen) atoms. The maximum atomic E-state index is 13.3. The first-order valence-electron chi connectivity index (χ1n) is 7.23. The van der Waals surface area contributed by atoms with Crippen molar-refractivity contribution < 1.29 is 9.13 Å². The molecule has 112 valence electrons. The summed E-state index contributed by atoms with van der Waals surface area (Å²) < 4.78 is 18.6. The predicted octanol–water partition coefficient (Wildman–Crippen LogP) is 4.12. The lowest BCUT2D eigenvalue weighted by molar-refractivity contribution is 0.403. The monoisotopic (exact) mass is 287 g/mol. The average Bonchev–Trinajstić information content (AvgIpc) is 2.47. The number of hydrogen-bond acceptors (Lipinski definition) is 2. The van der Waals surface area contributed by atoms with E-state index in [9.17, 15) is 4.39 Å². The van der Waals surface area contributed by atoms with Crippen LogP contribution in [0.3, 0.4) is 0 Å². The molecule has 0 bridgehead atoms. The molecule has 2 nitrogen and oxygen atoms in total. The highest BCUT2D eigenvalue weighted by Crippen LogP contribution is 2.20. The molecule has 0 amide bonds. The summed E-state index contributed by atoms with van der Waals surface area (Å²) >= 11 is 0. The standard InChI is InChI=1S/C18H22FNO/c1-13(11-16-7-4-5-10-18(16)21-3)20-14(2)15-8-6-9-17(19)12-15/h4-10,12-14,20H,11H2,1-3H3. The van der Waals surface area contributed by atoms with Crippen LogP contribution in [0.15, 0.2) is 48.5 Å². The minimum atomic E-state index is -0.196. The van der Waals surface area contributed by atoms with E-state index in [1.54, 1.807) is 19.2 Å². The van der Waals surface area contributed by atoms with E-state index in [1.807, 2.05) is 31.2 Å². The number of halogens is 1. The summed E-state index contributed by atoms with van der Waals surface area (Å²) in [5, 5.41) is 3.50. The Morgan fingerprint density at radius 2 is 1.86 bits per heavy atom. The van der Waals surface area contributed by atoms with Gasteiger partial charge in [-0.1, -0.05) is 30.3 Å². The molecular formula is C18H22FNO. The number of rotatable bonds is 6. The first-order valence-corrected chi connectivity index (χ1v) is 7.23. The number of ether oxygens (including phenoxy) is 1. The van der Waals surface area contributed by atoms with E-state index >= 15 is 0 Å². The molecule has 2 atom stereocenters. The van der Waals surface area contributed by atoms with Crippen LogP contribution in [0.25, 0.3) is 0 Å². The Labute approximate surface area is 126 Å². The molecule has 0 aliphatic heterocycles. The van der Waals surface area contributed by atoms with Gasteiger partial charge in [0.25, 0.3) is 0 Å². The zero-order chi connectivity index (χ0) is 15.2. The molecule has 0 heterocycles. The van der Waals surface area contributed by atoms with Crippen molar-refractivity contribution in [2.75, 3.05) is 7.11 Å². The number of benzene rings is 2. The molecule has 1 N–H and O–H groups in total. The summed E-state index contributed by atoms with van der Waals surface area (Å²) in [6.07, 6.45) is 0.865. The molecule has 0 spiro atoms. The zero-order valence-electron chi connectivity index (χ0n) is 12.8. The molecule has 3 heteroatoms. The summed E-state index contributed by atoms with van der Waals surface area (Å²) in [5.41, 5.74) is 2.13. The molecule has 0 aliphatic rings. The second-order valence-electron chi connectivity index (χ2n) is 5.36. The van der Waals surface area contributed by atoms with Crippen molar-refractivity contribution >= 4 is 0 Å². The van der Waals surface area contributed by atoms with Crippen LogP contribution < -0.4 is 10.1 Å². The lowest BCUT2D eigenvalue weighted by Crippen LogP contribution is -2.30. The minimum absolute atomic E-state index is 0.102. The van der Waals surface area contributed by atoms with Crippen LogP contribution >= 0.6 is 0 Å². The third-order valence-electron chi connectivity index (χ3n) is 3.60. The van der Waals surface area contributed by atoms with Crippen LogP contribution in [-0.2, 0) is 6.42 Å². The maximum Gasteiger partial charge on any atom is 0.123 e. The van der Waals surface area contributed by atoms with E-state index < -0.39 is 0 Å². The van der Waals surface area contributed by atoms with Crippen molar-refractivity contribution in [3.05, 3.63) is 65.5 Å². The molecular weight excluding hydrogens is 265 g/mol. The van der Waals surface area contributed by atoms with Crippen molar-refractivity contribution in [2.45, 2.75) is 32.4 Å². The summed E-state index contributed by atoms with van der Waals surface area (Å²) in [6.45, 7) is 4.18. The molecule has 0 saturated heterocycles. The van der Waals surface area contributed by atoms with Crippen LogP contribution in [0.4, 0.5) is 4.39 Å². The molecule has 0 aromatic heterocycles. The number of methoxy groups -OCH3 is 1. The van der Waals surface area contributed by atoms with Crippen molar-refractivity contribution in [3.63, 3.8) is 0 Å². The zero-order valence-corrected chi connectivity index (χ0v) is 12.8. The Bertz CT molecular complexity index is 585. The number of para-hydroxylation sites is 1. The van der Waals surface area contributed by atoms with Crippen LogP contribution in [0.5, 0.6) is 5.75 Å². The molecule has 2 unspecified atom stereocenters. The van der Waals surface area contributed by atoms with Gasteiger partial charge in [-0.3, -0.25) is 0 Å². The first-order chi connectivity index (χ1) is 10.1. The van der Waals surface area contributed by atoms with E-state index in [1.165, 1.54) is 11.6 Å². The van der Waals surface area contributed by atoms with Crippen LogP contribution in [0.2, 0.25) is 0 Å². The Balaban J connectivity index is 1.99. The summed E-state index contributed by atoms with van der Waals surface area (Å²) in [4.78, 5) is 0. The third kappa shape index (κ3) is 4.30.